The molecule has 11 nitrogen and oxygen atoms in total. The van der Waals surface area contributed by atoms with Crippen LogP contribution in [-0.2, 0) is 4.74 Å². The van der Waals surface area contributed by atoms with Crippen LogP contribution in [0.3, 0.4) is 0 Å². The topological polar surface area (TPSA) is 212 Å². The van der Waals surface area contributed by atoms with E-state index in [1.807, 2.05) is 0 Å². The van der Waals surface area contributed by atoms with Crippen LogP contribution in [0.5, 0.6) is 0 Å². The zero-order valence-corrected chi connectivity index (χ0v) is 10.4. The van der Waals surface area contributed by atoms with Crippen LogP contribution < -0.4 is 0 Å². The smallest absolute Gasteiger partial charge is 0.286 e. The second-order valence-corrected chi connectivity index (χ2v) is 4.50. The lowest BCUT2D eigenvalue weighted by atomic mass is 9.70. The summed E-state index contributed by atoms with van der Waals surface area (Å²) in [6.45, 7) is 0.881. The van der Waals surface area contributed by atoms with Gasteiger partial charge in [-0.3, -0.25) is 0 Å². The summed E-state index contributed by atoms with van der Waals surface area (Å²) in [5.74, 6) is -22.4. The van der Waals surface area contributed by atoms with E-state index in [1.165, 1.54) is 0 Å². The average Bonchev–Trinajstić information content (AvgIpc) is 2.25. The van der Waals surface area contributed by atoms with E-state index < -0.39 is 40.3 Å². The first kappa shape index (κ1) is 17.2. The lowest BCUT2D eigenvalue weighted by Gasteiger charge is -2.57. The molecule has 0 aromatic rings. The van der Waals surface area contributed by atoms with Crippen LogP contribution in [0.4, 0.5) is 0 Å². The van der Waals surface area contributed by atoms with Gasteiger partial charge in [-0.15, -0.1) is 0 Å². The minimum atomic E-state index is -4.56. The van der Waals surface area contributed by atoms with Crippen LogP contribution in [0.25, 0.3) is 0 Å². The largest absolute Gasteiger partial charge is 0.501 e. The molecule has 0 saturated heterocycles. The van der Waals surface area contributed by atoms with Gasteiger partial charge >= 0.3 is 0 Å². The highest BCUT2D eigenvalue weighted by molar-refractivity contribution is 5.36. The molecule has 11 heteroatoms. The van der Waals surface area contributed by atoms with Crippen molar-refractivity contribution in [2.24, 2.45) is 0 Å². The Labute approximate surface area is 111 Å². The van der Waals surface area contributed by atoms with Gasteiger partial charge in [-0.25, -0.2) is 0 Å². The maximum Gasteiger partial charge on any atom is 0.286 e. The molecule has 0 unspecified atom stereocenters. The molecule has 0 bridgehead atoms. The first-order valence-corrected chi connectivity index (χ1v) is 5.10. The normalized spacial score (nSPS) is 28.9. The van der Waals surface area contributed by atoms with Crippen molar-refractivity contribution < 1.29 is 55.8 Å². The second kappa shape index (κ2) is 4.08. The fourth-order valence-corrected chi connectivity index (χ4v) is 1.91. The van der Waals surface area contributed by atoms with E-state index >= 15 is 0 Å². The number of rotatable bonds is 1. The molecule has 0 heterocycles. The van der Waals surface area contributed by atoms with Crippen LogP contribution in [0.2, 0.25) is 0 Å². The van der Waals surface area contributed by atoms with Crippen LogP contribution in [0.1, 0.15) is 6.92 Å². The molecule has 0 spiro atoms. The molecule has 0 aromatic carbocycles. The second-order valence-electron chi connectivity index (χ2n) is 4.50. The van der Waals surface area contributed by atoms with Crippen LogP contribution in [0.15, 0.2) is 11.3 Å². The summed E-state index contributed by atoms with van der Waals surface area (Å²) in [6.07, 6.45) is 0. The van der Waals surface area contributed by atoms with E-state index in [9.17, 15) is 51.1 Å². The predicted molar refractivity (Wildman–Crippen MR) is 55.6 cm³/mol. The summed E-state index contributed by atoms with van der Waals surface area (Å²) < 4.78 is 4.45. The number of aliphatic hydroxyl groups is 10. The average molecular weight is 300 g/mol. The van der Waals surface area contributed by atoms with Crippen molar-refractivity contribution in [2.45, 2.75) is 35.9 Å². The van der Waals surface area contributed by atoms with E-state index in [4.69, 9.17) is 0 Å². The van der Waals surface area contributed by atoms with E-state index in [1.54, 1.807) is 0 Å². The van der Waals surface area contributed by atoms with Gasteiger partial charge in [0.25, 0.3) is 28.9 Å². The molecule has 1 rings (SSSR count). The number of methoxy groups -OCH3 is 1. The molecular formula is C9H16O11. The van der Waals surface area contributed by atoms with Gasteiger partial charge in [0.2, 0.25) is 0 Å². The Bertz CT molecular complexity index is 413. The minimum Gasteiger partial charge on any atom is -0.501 e. The lowest BCUT2D eigenvalue weighted by Crippen LogP contribution is -2.87. The Morgan fingerprint density at radius 1 is 0.700 bits per heavy atom. The highest BCUT2D eigenvalue weighted by Crippen LogP contribution is 2.52. The number of ether oxygens (including phenoxy) is 1. The van der Waals surface area contributed by atoms with Gasteiger partial charge in [0.1, 0.15) is 5.76 Å². The van der Waals surface area contributed by atoms with Crippen molar-refractivity contribution >= 4 is 0 Å². The van der Waals surface area contributed by atoms with Crippen molar-refractivity contribution in [2.75, 3.05) is 7.11 Å². The monoisotopic (exact) mass is 300 g/mol. The lowest BCUT2D eigenvalue weighted by molar-refractivity contribution is -0.556. The molecule has 1 saturated carbocycles. The summed E-state index contributed by atoms with van der Waals surface area (Å²) in [5, 5.41) is 94.9. The molecule has 0 aliphatic heterocycles. The Balaban J connectivity index is 3.84. The molecule has 118 valence electrons. The van der Waals surface area contributed by atoms with Gasteiger partial charge < -0.3 is 55.8 Å². The molecular weight excluding hydrogens is 284 g/mol. The molecule has 20 heavy (non-hydrogen) atoms. The molecule has 0 amide bonds. The van der Waals surface area contributed by atoms with Crippen LogP contribution in [0, 0.1) is 0 Å². The first-order chi connectivity index (χ1) is 8.60. The summed E-state index contributed by atoms with van der Waals surface area (Å²) in [6, 6.07) is 0. The summed E-state index contributed by atoms with van der Waals surface area (Å²) in [4.78, 5) is 0. The van der Waals surface area contributed by atoms with Crippen molar-refractivity contribution in [1.82, 2.24) is 0 Å². The molecule has 1 fully saturated rings. The van der Waals surface area contributed by atoms with Gasteiger partial charge in [-0.05, 0) is 6.92 Å². The molecule has 1 aliphatic carbocycles. The zero-order chi connectivity index (χ0) is 16.4. The maximum absolute atomic E-state index is 9.62. The summed E-state index contributed by atoms with van der Waals surface area (Å²) in [7, 11) is 0.904. The van der Waals surface area contributed by atoms with Crippen molar-refractivity contribution in [1.29, 1.82) is 0 Å². The van der Waals surface area contributed by atoms with Gasteiger partial charge in [0.05, 0.1) is 12.7 Å². The summed E-state index contributed by atoms with van der Waals surface area (Å²) in [5.41, 5.74) is -1.62. The molecule has 0 aromatic heterocycles. The number of hydrogen-bond acceptors (Lipinski definition) is 11. The highest BCUT2D eigenvalue weighted by Gasteiger charge is 2.84. The maximum atomic E-state index is 9.62. The third kappa shape index (κ3) is 1.58. The van der Waals surface area contributed by atoms with Gasteiger partial charge in [0, 0.05) is 0 Å². The molecule has 1 aliphatic rings. The zero-order valence-electron chi connectivity index (χ0n) is 10.4. The minimum absolute atomic E-state index is 0.768. The van der Waals surface area contributed by atoms with Gasteiger partial charge in [0.15, 0.2) is 0 Å². The van der Waals surface area contributed by atoms with Gasteiger partial charge in [-0.2, -0.15) is 0 Å². The Morgan fingerprint density at radius 3 is 1.25 bits per heavy atom. The highest BCUT2D eigenvalue weighted by atomic mass is 16.7. The third-order valence-corrected chi connectivity index (χ3v) is 3.30. The fourth-order valence-electron chi connectivity index (χ4n) is 1.91. The van der Waals surface area contributed by atoms with Crippen LogP contribution >= 0.6 is 0 Å². The quantitative estimate of drug-likeness (QED) is 0.163. The number of allylic oxidation sites excluding steroid dienone is 1. The van der Waals surface area contributed by atoms with Crippen LogP contribution in [-0.4, -0.2) is 87.1 Å². The first-order valence-electron chi connectivity index (χ1n) is 5.10. The van der Waals surface area contributed by atoms with Gasteiger partial charge in [-0.1, -0.05) is 0 Å². The van der Waals surface area contributed by atoms with E-state index in [2.05, 4.69) is 4.74 Å². The van der Waals surface area contributed by atoms with E-state index in [0.717, 1.165) is 14.0 Å². The Hall–Kier alpha value is -0.860. The van der Waals surface area contributed by atoms with E-state index in [0.29, 0.717) is 0 Å². The SMILES string of the molecule is COC(C)=C1C(O)(O)C(O)(O)C(O)(O)C(O)(O)C1(O)O. The predicted octanol–water partition coefficient (Wildman–Crippen LogP) is -5.68. The molecule has 0 atom stereocenters. The van der Waals surface area contributed by atoms with Crippen molar-refractivity contribution in [3.8, 4) is 0 Å². The molecule has 10 N–H and O–H groups in total. The Kier molecular flexibility index (Phi) is 3.51. The van der Waals surface area contributed by atoms with E-state index in [-0.39, 0.29) is 0 Å². The van der Waals surface area contributed by atoms with Crippen molar-refractivity contribution in [3.05, 3.63) is 11.3 Å². The Morgan fingerprint density at radius 2 is 1.00 bits per heavy atom. The third-order valence-electron chi connectivity index (χ3n) is 3.30. The number of hydrogen-bond donors (Lipinski definition) is 10. The fraction of sp³-hybridized carbons (Fsp3) is 0.778. The standard InChI is InChI=1S/C9H16O11/c1-3(20-2)4-5(10,11)7(14,15)9(18,19)8(16,17)6(4,12)13/h10-19H,1-2H3. The van der Waals surface area contributed by atoms with Crippen molar-refractivity contribution in [3.63, 3.8) is 0 Å². The molecule has 0 radical (unpaired) electrons. The summed E-state index contributed by atoms with van der Waals surface area (Å²) >= 11 is 0.